The van der Waals surface area contributed by atoms with Gasteiger partial charge >= 0.3 is 0 Å². The van der Waals surface area contributed by atoms with Gasteiger partial charge in [0.05, 0.1) is 7.11 Å². The van der Waals surface area contributed by atoms with E-state index in [0.717, 1.165) is 38.5 Å². The fraction of sp³-hybridized carbons (Fsp3) is 0.538. The van der Waals surface area contributed by atoms with Gasteiger partial charge in [0, 0.05) is 32.7 Å². The van der Waals surface area contributed by atoms with Crippen LogP contribution in [0.15, 0.2) is 24.3 Å². The summed E-state index contributed by atoms with van der Waals surface area (Å²) >= 11 is 1.85. The van der Waals surface area contributed by atoms with Crippen molar-refractivity contribution in [2.45, 2.75) is 6.54 Å². The summed E-state index contributed by atoms with van der Waals surface area (Å²) in [5, 5.41) is 0. The lowest BCUT2D eigenvalue weighted by Crippen LogP contribution is -2.42. The van der Waals surface area contributed by atoms with Gasteiger partial charge in [-0.1, -0.05) is 24.1 Å². The molecule has 94 valence electrons. The van der Waals surface area contributed by atoms with E-state index in [1.165, 1.54) is 5.56 Å². The third-order valence-corrected chi connectivity index (χ3v) is 4.04. The Labute approximate surface area is 108 Å². The van der Waals surface area contributed by atoms with Crippen LogP contribution in [0.5, 0.6) is 5.75 Å². The Morgan fingerprint density at radius 3 is 2.29 bits per heavy atom. The summed E-state index contributed by atoms with van der Waals surface area (Å²) in [7, 11) is 1.71. The minimum absolute atomic E-state index is 0.931. The molecular formula is C13H20N2OS. The molecule has 2 rings (SSSR count). The Bertz CT molecular complexity index is 334. The third-order valence-electron chi connectivity index (χ3n) is 3.15. The summed E-state index contributed by atoms with van der Waals surface area (Å²) in [4.78, 5) is 2.51. The fourth-order valence-corrected chi connectivity index (χ4v) is 2.59. The van der Waals surface area contributed by atoms with E-state index in [1.54, 1.807) is 7.11 Å². The van der Waals surface area contributed by atoms with Crippen molar-refractivity contribution in [2.75, 3.05) is 39.5 Å². The smallest absolute Gasteiger partial charge is 0.118 e. The molecule has 0 saturated carbocycles. The largest absolute Gasteiger partial charge is 0.497 e. The van der Waals surface area contributed by atoms with Gasteiger partial charge in [0.1, 0.15) is 5.75 Å². The summed E-state index contributed by atoms with van der Waals surface area (Å²) in [6.07, 6.45) is 2.15. The molecule has 0 radical (unpaired) electrons. The number of ether oxygens (including phenoxy) is 1. The first-order valence-electron chi connectivity index (χ1n) is 5.96. The molecule has 1 fully saturated rings. The van der Waals surface area contributed by atoms with Crippen molar-refractivity contribution < 1.29 is 4.74 Å². The predicted octanol–water partition coefficient (Wildman–Crippen LogP) is 2.09. The topological polar surface area (TPSA) is 15.7 Å². The molecule has 1 aliphatic heterocycles. The molecule has 1 aromatic carbocycles. The second-order valence-corrected chi connectivity index (χ2v) is 5.12. The van der Waals surface area contributed by atoms with Crippen LogP contribution in [0, 0.1) is 0 Å². The average molecular weight is 252 g/mol. The van der Waals surface area contributed by atoms with Crippen LogP contribution in [0.1, 0.15) is 5.56 Å². The quantitative estimate of drug-likeness (QED) is 0.762. The summed E-state index contributed by atoms with van der Waals surface area (Å²) in [5.41, 5.74) is 1.36. The monoisotopic (exact) mass is 252 g/mol. The van der Waals surface area contributed by atoms with Crippen LogP contribution in [0.2, 0.25) is 0 Å². The van der Waals surface area contributed by atoms with Gasteiger partial charge in [-0.2, -0.15) is 0 Å². The van der Waals surface area contributed by atoms with Crippen LogP contribution in [-0.2, 0) is 6.54 Å². The molecule has 1 aliphatic rings. The molecule has 0 N–H and O–H groups in total. The van der Waals surface area contributed by atoms with E-state index in [-0.39, 0.29) is 0 Å². The van der Waals surface area contributed by atoms with Gasteiger partial charge in [-0.15, -0.1) is 0 Å². The minimum Gasteiger partial charge on any atom is -0.497 e. The van der Waals surface area contributed by atoms with Gasteiger partial charge in [0.25, 0.3) is 0 Å². The Kier molecular flexibility index (Phi) is 4.71. The highest BCUT2D eigenvalue weighted by atomic mass is 32.2. The number of methoxy groups -OCH3 is 1. The molecule has 0 spiro atoms. The van der Waals surface area contributed by atoms with Gasteiger partial charge in [0.2, 0.25) is 0 Å². The zero-order valence-electron chi connectivity index (χ0n) is 10.6. The van der Waals surface area contributed by atoms with E-state index in [1.807, 2.05) is 24.1 Å². The summed E-state index contributed by atoms with van der Waals surface area (Å²) in [6, 6.07) is 8.38. The van der Waals surface area contributed by atoms with Crippen LogP contribution >= 0.6 is 11.9 Å². The van der Waals surface area contributed by atoms with Crippen LogP contribution in [0.4, 0.5) is 0 Å². The number of piperazine rings is 1. The first-order valence-corrected chi connectivity index (χ1v) is 7.14. The van der Waals surface area contributed by atoms with Gasteiger partial charge in [-0.05, 0) is 24.0 Å². The molecule has 0 atom stereocenters. The van der Waals surface area contributed by atoms with E-state index >= 15 is 0 Å². The Hall–Kier alpha value is -0.710. The lowest BCUT2D eigenvalue weighted by molar-refractivity contribution is 0.189. The van der Waals surface area contributed by atoms with Crippen molar-refractivity contribution >= 4 is 11.9 Å². The number of hydrogen-bond donors (Lipinski definition) is 0. The minimum atomic E-state index is 0.931. The number of rotatable bonds is 4. The molecule has 1 heterocycles. The second-order valence-electron chi connectivity index (χ2n) is 4.24. The van der Waals surface area contributed by atoms with Crippen LogP contribution in [0.25, 0.3) is 0 Å². The molecule has 4 heteroatoms. The van der Waals surface area contributed by atoms with Gasteiger partial charge in [0.15, 0.2) is 0 Å². The SMILES string of the molecule is COc1ccc(CN2CCN(SC)CC2)cc1. The molecular weight excluding hydrogens is 232 g/mol. The highest BCUT2D eigenvalue weighted by molar-refractivity contribution is 7.96. The zero-order valence-corrected chi connectivity index (χ0v) is 11.4. The second kappa shape index (κ2) is 6.28. The van der Waals surface area contributed by atoms with Crippen molar-refractivity contribution in [1.29, 1.82) is 0 Å². The third kappa shape index (κ3) is 3.63. The molecule has 17 heavy (non-hydrogen) atoms. The standard InChI is InChI=1S/C13H20N2OS/c1-16-13-5-3-12(4-6-13)11-14-7-9-15(17-2)10-8-14/h3-6H,7-11H2,1-2H3. The summed E-state index contributed by atoms with van der Waals surface area (Å²) < 4.78 is 7.59. The number of nitrogens with zero attached hydrogens (tertiary/aromatic N) is 2. The van der Waals surface area contributed by atoms with Gasteiger partial charge < -0.3 is 4.74 Å². The number of hydrogen-bond acceptors (Lipinski definition) is 4. The molecule has 0 aliphatic carbocycles. The highest BCUT2D eigenvalue weighted by Gasteiger charge is 2.15. The molecule has 0 unspecified atom stereocenters. The van der Waals surface area contributed by atoms with Crippen molar-refractivity contribution in [2.24, 2.45) is 0 Å². The Morgan fingerprint density at radius 1 is 1.12 bits per heavy atom. The van der Waals surface area contributed by atoms with Gasteiger partial charge in [-0.3, -0.25) is 4.90 Å². The van der Waals surface area contributed by atoms with Crippen LogP contribution in [0.3, 0.4) is 0 Å². The maximum atomic E-state index is 5.16. The maximum absolute atomic E-state index is 5.16. The first-order chi connectivity index (χ1) is 8.31. The van der Waals surface area contributed by atoms with Crippen LogP contribution in [-0.4, -0.2) is 48.7 Å². The predicted molar refractivity (Wildman–Crippen MR) is 73.4 cm³/mol. The lowest BCUT2D eigenvalue weighted by atomic mass is 10.2. The normalized spacial score (nSPS) is 18.2. The molecule has 0 aromatic heterocycles. The molecule has 0 amide bonds. The summed E-state index contributed by atoms with van der Waals surface area (Å²) in [6.45, 7) is 5.70. The van der Waals surface area contributed by atoms with E-state index in [4.69, 9.17) is 4.74 Å². The summed E-state index contributed by atoms with van der Waals surface area (Å²) in [5.74, 6) is 0.931. The van der Waals surface area contributed by atoms with E-state index in [9.17, 15) is 0 Å². The Balaban J connectivity index is 1.84. The Morgan fingerprint density at radius 2 is 1.76 bits per heavy atom. The highest BCUT2D eigenvalue weighted by Crippen LogP contribution is 2.15. The number of benzene rings is 1. The molecule has 3 nitrogen and oxygen atoms in total. The fourth-order valence-electron chi connectivity index (χ4n) is 2.06. The van der Waals surface area contributed by atoms with Crippen molar-refractivity contribution in [3.63, 3.8) is 0 Å². The molecule has 0 bridgehead atoms. The van der Waals surface area contributed by atoms with E-state index in [0.29, 0.717) is 0 Å². The molecule has 1 aromatic rings. The lowest BCUT2D eigenvalue weighted by Gasteiger charge is -2.33. The first kappa shape index (κ1) is 12.7. The maximum Gasteiger partial charge on any atom is 0.118 e. The zero-order chi connectivity index (χ0) is 12.1. The van der Waals surface area contributed by atoms with Crippen molar-refractivity contribution in [3.05, 3.63) is 29.8 Å². The average Bonchev–Trinajstić information content (AvgIpc) is 2.40. The van der Waals surface area contributed by atoms with Crippen molar-refractivity contribution in [3.8, 4) is 5.75 Å². The van der Waals surface area contributed by atoms with E-state index < -0.39 is 0 Å². The van der Waals surface area contributed by atoms with Gasteiger partial charge in [-0.25, -0.2) is 4.31 Å². The van der Waals surface area contributed by atoms with Crippen molar-refractivity contribution in [1.82, 2.24) is 9.21 Å². The van der Waals surface area contributed by atoms with Crippen LogP contribution < -0.4 is 4.74 Å². The molecule has 1 saturated heterocycles. The van der Waals surface area contributed by atoms with E-state index in [2.05, 4.69) is 27.6 Å².